The fourth-order valence-electron chi connectivity index (χ4n) is 3.98. The lowest BCUT2D eigenvalue weighted by Gasteiger charge is -2.16. The van der Waals surface area contributed by atoms with Crippen LogP contribution >= 0.6 is 0 Å². The maximum absolute atomic E-state index is 2.35. The van der Waals surface area contributed by atoms with Gasteiger partial charge in [-0.3, -0.25) is 0 Å². The molecule has 0 saturated carbocycles. The van der Waals surface area contributed by atoms with Gasteiger partial charge in [0.25, 0.3) is 0 Å². The van der Waals surface area contributed by atoms with Crippen LogP contribution in [0.3, 0.4) is 0 Å². The lowest BCUT2D eigenvalue weighted by Crippen LogP contribution is -2.01. The van der Waals surface area contributed by atoms with E-state index in [2.05, 4.69) is 117 Å². The van der Waals surface area contributed by atoms with Crippen molar-refractivity contribution in [2.75, 3.05) is 0 Å². The van der Waals surface area contributed by atoms with E-state index in [1.807, 2.05) is 0 Å². The van der Waals surface area contributed by atoms with Crippen LogP contribution in [0.2, 0.25) is 0 Å². The van der Waals surface area contributed by atoms with Crippen LogP contribution in [0.5, 0.6) is 0 Å². The summed E-state index contributed by atoms with van der Waals surface area (Å²) < 4.78 is 2.31. The fourth-order valence-corrected chi connectivity index (χ4v) is 3.98. The molecule has 0 aliphatic heterocycles. The molecule has 0 bridgehead atoms. The summed E-state index contributed by atoms with van der Waals surface area (Å²) in [5.41, 5.74) is 9.15. The van der Waals surface area contributed by atoms with Crippen LogP contribution in [0.1, 0.15) is 39.4 Å². The molecule has 1 atom stereocenters. The molecule has 0 amide bonds. The molecule has 140 valence electrons. The Balaban J connectivity index is 1.87. The van der Waals surface area contributed by atoms with Crippen LogP contribution < -0.4 is 0 Å². The Morgan fingerprint density at radius 1 is 0.750 bits per heavy atom. The van der Waals surface area contributed by atoms with Gasteiger partial charge in [0.05, 0.1) is 0 Å². The molecule has 28 heavy (non-hydrogen) atoms. The molecular weight excluding hydrogens is 338 g/mol. The molecule has 3 aromatic carbocycles. The molecule has 1 nitrogen and oxygen atoms in total. The first-order chi connectivity index (χ1) is 13.5. The van der Waals surface area contributed by atoms with E-state index in [1.165, 1.54) is 44.4 Å². The van der Waals surface area contributed by atoms with E-state index >= 15 is 0 Å². The van der Waals surface area contributed by atoms with E-state index in [4.69, 9.17) is 0 Å². The van der Waals surface area contributed by atoms with Gasteiger partial charge in [-0.15, -0.1) is 0 Å². The molecule has 4 aromatic rings. The van der Waals surface area contributed by atoms with Gasteiger partial charge < -0.3 is 4.57 Å². The third-order valence-electron chi connectivity index (χ3n) is 5.75. The molecule has 4 rings (SSSR count). The third kappa shape index (κ3) is 3.41. The zero-order valence-corrected chi connectivity index (χ0v) is 17.1. The molecule has 0 spiro atoms. The molecule has 1 unspecified atom stereocenters. The van der Waals surface area contributed by atoms with Gasteiger partial charge in [0.15, 0.2) is 0 Å². The Morgan fingerprint density at radius 2 is 1.36 bits per heavy atom. The molecule has 1 heteroatoms. The number of hydrogen-bond donors (Lipinski definition) is 0. The monoisotopic (exact) mass is 365 g/mol. The molecule has 0 N–H and O–H groups in total. The number of aromatic nitrogens is 1. The van der Waals surface area contributed by atoms with Crippen molar-refractivity contribution in [3.8, 4) is 0 Å². The Kier molecular flexibility index (Phi) is 4.92. The van der Waals surface area contributed by atoms with Crippen LogP contribution in [-0.4, -0.2) is 4.57 Å². The number of allylic oxidation sites excluding steroid dienone is 1. The van der Waals surface area contributed by atoms with Crippen LogP contribution in [0.25, 0.3) is 17.0 Å². The minimum absolute atomic E-state index is 0.216. The molecular formula is C27H27N. The van der Waals surface area contributed by atoms with Crippen LogP contribution in [-0.2, 0) is 7.05 Å². The van der Waals surface area contributed by atoms with E-state index in [0.29, 0.717) is 0 Å². The van der Waals surface area contributed by atoms with Crippen molar-refractivity contribution in [2.45, 2.75) is 26.7 Å². The Morgan fingerprint density at radius 3 is 2.04 bits per heavy atom. The molecule has 0 fully saturated rings. The largest absolute Gasteiger partial charge is 0.348 e. The number of aryl methyl sites for hydroxylation is 3. The quantitative estimate of drug-likeness (QED) is 0.369. The van der Waals surface area contributed by atoms with Gasteiger partial charge in [-0.1, -0.05) is 90.0 Å². The molecule has 0 saturated heterocycles. The van der Waals surface area contributed by atoms with Crippen molar-refractivity contribution in [1.29, 1.82) is 0 Å². The second-order valence-corrected chi connectivity index (χ2v) is 7.73. The Labute approximate surface area is 168 Å². The normalized spacial score (nSPS) is 12.7. The molecule has 1 aromatic heterocycles. The number of benzene rings is 3. The maximum Gasteiger partial charge on any atom is 0.0483 e. The predicted molar refractivity (Wildman–Crippen MR) is 121 cm³/mol. The highest BCUT2D eigenvalue weighted by atomic mass is 14.9. The molecule has 0 aliphatic carbocycles. The van der Waals surface area contributed by atoms with Crippen LogP contribution in [0.4, 0.5) is 0 Å². The molecule has 1 heterocycles. The highest BCUT2D eigenvalue weighted by Crippen LogP contribution is 2.36. The van der Waals surface area contributed by atoms with Crippen LogP contribution in [0, 0.1) is 20.8 Å². The zero-order chi connectivity index (χ0) is 19.7. The predicted octanol–water partition coefficient (Wildman–Crippen LogP) is 6.95. The SMILES string of the molecule is Cc1ccc(/C=C/C(c2ccc(C)cc2)c2c(C)n(C)c3ccccc23)cc1. The van der Waals surface area contributed by atoms with Gasteiger partial charge in [0.2, 0.25) is 0 Å². The summed E-state index contributed by atoms with van der Waals surface area (Å²) in [6.45, 7) is 6.50. The number of nitrogens with zero attached hydrogens (tertiary/aromatic N) is 1. The van der Waals surface area contributed by atoms with Crippen molar-refractivity contribution in [1.82, 2.24) is 4.57 Å². The minimum atomic E-state index is 0.216. The molecule has 0 aliphatic rings. The smallest absolute Gasteiger partial charge is 0.0483 e. The van der Waals surface area contributed by atoms with Crippen molar-refractivity contribution in [2.24, 2.45) is 7.05 Å². The summed E-state index contributed by atoms with van der Waals surface area (Å²) in [4.78, 5) is 0. The van der Waals surface area contributed by atoms with E-state index in [9.17, 15) is 0 Å². The van der Waals surface area contributed by atoms with E-state index in [-0.39, 0.29) is 5.92 Å². The Bertz CT molecular complexity index is 1130. The van der Waals surface area contributed by atoms with Gasteiger partial charge >= 0.3 is 0 Å². The van der Waals surface area contributed by atoms with Crippen molar-refractivity contribution in [3.05, 3.63) is 112 Å². The van der Waals surface area contributed by atoms with E-state index in [0.717, 1.165) is 0 Å². The Hall–Kier alpha value is -3.06. The van der Waals surface area contributed by atoms with Gasteiger partial charge in [-0.05, 0) is 43.5 Å². The zero-order valence-electron chi connectivity index (χ0n) is 17.1. The standard InChI is InChI=1S/C27H27N/c1-19-9-13-22(14-10-19)15-18-24(23-16-11-20(2)12-17-23)27-21(3)28(4)26-8-6-5-7-25(26)27/h5-18,24H,1-4H3/b18-15+. The number of fused-ring (bicyclic) bond motifs is 1. The average Bonchev–Trinajstić information content (AvgIpc) is 2.96. The first-order valence-corrected chi connectivity index (χ1v) is 9.90. The minimum Gasteiger partial charge on any atom is -0.348 e. The van der Waals surface area contributed by atoms with Crippen molar-refractivity contribution in [3.63, 3.8) is 0 Å². The maximum atomic E-state index is 2.35. The number of hydrogen-bond acceptors (Lipinski definition) is 0. The highest BCUT2D eigenvalue weighted by Gasteiger charge is 2.20. The topological polar surface area (TPSA) is 4.93 Å². The molecule has 0 radical (unpaired) electrons. The van der Waals surface area contributed by atoms with Crippen molar-refractivity contribution < 1.29 is 0 Å². The second-order valence-electron chi connectivity index (χ2n) is 7.73. The first-order valence-electron chi connectivity index (χ1n) is 9.90. The summed E-state index contributed by atoms with van der Waals surface area (Å²) in [6.07, 6.45) is 4.61. The summed E-state index contributed by atoms with van der Waals surface area (Å²) >= 11 is 0. The summed E-state index contributed by atoms with van der Waals surface area (Å²) in [7, 11) is 2.16. The number of para-hydroxylation sites is 1. The van der Waals surface area contributed by atoms with Gasteiger partial charge in [0.1, 0.15) is 0 Å². The highest BCUT2D eigenvalue weighted by molar-refractivity contribution is 5.87. The first kappa shape index (κ1) is 18.3. The summed E-state index contributed by atoms with van der Waals surface area (Å²) in [6, 6.07) is 26.4. The fraction of sp³-hybridized carbons (Fsp3) is 0.185. The summed E-state index contributed by atoms with van der Waals surface area (Å²) in [5, 5.41) is 1.33. The van der Waals surface area contributed by atoms with E-state index in [1.54, 1.807) is 0 Å². The number of rotatable bonds is 4. The average molecular weight is 366 g/mol. The van der Waals surface area contributed by atoms with Gasteiger partial charge in [-0.2, -0.15) is 0 Å². The lowest BCUT2D eigenvalue weighted by atomic mass is 9.88. The second kappa shape index (κ2) is 7.52. The van der Waals surface area contributed by atoms with Crippen molar-refractivity contribution >= 4 is 17.0 Å². The summed E-state index contributed by atoms with van der Waals surface area (Å²) in [5.74, 6) is 0.216. The third-order valence-corrected chi connectivity index (χ3v) is 5.75. The van der Waals surface area contributed by atoms with Crippen LogP contribution in [0.15, 0.2) is 78.9 Å². The lowest BCUT2D eigenvalue weighted by molar-refractivity contribution is 0.888. The van der Waals surface area contributed by atoms with E-state index < -0.39 is 0 Å². The van der Waals surface area contributed by atoms with Gasteiger partial charge in [-0.25, -0.2) is 0 Å². The van der Waals surface area contributed by atoms with Gasteiger partial charge in [0, 0.05) is 29.6 Å².